The predicted octanol–water partition coefficient (Wildman–Crippen LogP) is 2.81. The van der Waals surface area contributed by atoms with Gasteiger partial charge in [0.1, 0.15) is 6.04 Å². The van der Waals surface area contributed by atoms with Crippen molar-refractivity contribution in [3.05, 3.63) is 29.8 Å². The van der Waals surface area contributed by atoms with Gasteiger partial charge in [-0.3, -0.25) is 4.79 Å². The largest absolute Gasteiger partial charge is 0.373 e. The zero-order valence-corrected chi connectivity index (χ0v) is 12.7. The topological polar surface area (TPSA) is 41.1 Å². The van der Waals surface area contributed by atoms with Gasteiger partial charge in [-0.05, 0) is 43.6 Å². The van der Waals surface area contributed by atoms with E-state index in [0.29, 0.717) is 6.04 Å². The number of thioether (sulfide) groups is 1. The molecule has 1 saturated carbocycles. The van der Waals surface area contributed by atoms with E-state index >= 15 is 0 Å². The molecular formula is C16H22N2OS. The van der Waals surface area contributed by atoms with E-state index in [0.717, 1.165) is 30.2 Å². The Morgan fingerprint density at radius 1 is 1.25 bits per heavy atom. The second-order valence-corrected chi connectivity index (χ2v) is 6.91. The number of carbonyl (C=O) groups is 1. The number of benzene rings is 1. The van der Waals surface area contributed by atoms with E-state index < -0.39 is 0 Å². The third-order valence-electron chi connectivity index (χ3n) is 4.44. The van der Waals surface area contributed by atoms with Crippen LogP contribution in [-0.4, -0.2) is 29.5 Å². The molecule has 1 amide bonds. The van der Waals surface area contributed by atoms with Crippen LogP contribution in [0.3, 0.4) is 0 Å². The molecule has 1 aliphatic carbocycles. The zero-order chi connectivity index (χ0) is 13.9. The van der Waals surface area contributed by atoms with Crippen LogP contribution in [0.1, 0.15) is 31.2 Å². The average Bonchev–Trinajstić information content (AvgIpc) is 2.92. The molecule has 0 aromatic heterocycles. The number of carbonyl (C=O) groups excluding carboxylic acids is 1. The molecule has 1 aromatic rings. The minimum Gasteiger partial charge on any atom is -0.373 e. The van der Waals surface area contributed by atoms with Crippen molar-refractivity contribution in [2.45, 2.75) is 49.4 Å². The van der Waals surface area contributed by atoms with Gasteiger partial charge in [0, 0.05) is 23.4 Å². The van der Waals surface area contributed by atoms with Gasteiger partial charge in [0.25, 0.3) is 0 Å². The summed E-state index contributed by atoms with van der Waals surface area (Å²) >= 11 is 1.96. The van der Waals surface area contributed by atoms with Crippen LogP contribution in [0.5, 0.6) is 0 Å². The molecule has 0 radical (unpaired) electrons. The lowest BCUT2D eigenvalue weighted by Gasteiger charge is -2.28. The number of fused-ring (bicyclic) bond motifs is 1. The molecule has 2 aliphatic rings. The molecule has 3 nitrogen and oxygen atoms in total. The van der Waals surface area contributed by atoms with Crippen molar-refractivity contribution in [3.63, 3.8) is 0 Å². The number of hydrogen-bond acceptors (Lipinski definition) is 3. The maximum Gasteiger partial charge on any atom is 0.243 e. The standard InChI is InChI=1S/C16H22N2OS/c1-20-13-8-6-12(7-9-13)17-16(19)15-10-11-4-2-3-5-14(11)18-15/h2-5,12-13,15,18H,6-10H2,1H3,(H,17,19). The molecule has 0 saturated heterocycles. The number of nitrogens with one attached hydrogen (secondary N) is 2. The molecule has 0 spiro atoms. The molecule has 1 heterocycles. The highest BCUT2D eigenvalue weighted by atomic mass is 32.2. The number of anilines is 1. The Labute approximate surface area is 124 Å². The van der Waals surface area contributed by atoms with E-state index in [1.807, 2.05) is 30.0 Å². The summed E-state index contributed by atoms with van der Waals surface area (Å²) in [5.74, 6) is 0.161. The molecular weight excluding hydrogens is 268 g/mol. The summed E-state index contributed by atoms with van der Waals surface area (Å²) in [5.41, 5.74) is 2.36. The van der Waals surface area contributed by atoms with Gasteiger partial charge in [0.15, 0.2) is 0 Å². The SMILES string of the molecule is CSC1CCC(NC(=O)C2Cc3ccccc3N2)CC1. The normalized spacial score (nSPS) is 28.6. The van der Waals surface area contributed by atoms with Gasteiger partial charge in [-0.15, -0.1) is 0 Å². The van der Waals surface area contributed by atoms with E-state index in [4.69, 9.17) is 0 Å². The Hall–Kier alpha value is -1.16. The van der Waals surface area contributed by atoms with Crippen molar-refractivity contribution in [1.29, 1.82) is 0 Å². The minimum absolute atomic E-state index is 0.0920. The van der Waals surface area contributed by atoms with E-state index in [1.54, 1.807) is 0 Å². The highest BCUT2D eigenvalue weighted by molar-refractivity contribution is 7.99. The van der Waals surface area contributed by atoms with Crippen molar-refractivity contribution < 1.29 is 4.79 Å². The van der Waals surface area contributed by atoms with E-state index in [1.165, 1.54) is 18.4 Å². The van der Waals surface area contributed by atoms with Crippen LogP contribution in [0.4, 0.5) is 5.69 Å². The van der Waals surface area contributed by atoms with E-state index in [2.05, 4.69) is 23.0 Å². The first-order valence-corrected chi connectivity index (χ1v) is 8.72. The average molecular weight is 290 g/mol. The molecule has 1 unspecified atom stereocenters. The van der Waals surface area contributed by atoms with Crippen molar-refractivity contribution >= 4 is 23.4 Å². The van der Waals surface area contributed by atoms with Crippen LogP contribution in [0.15, 0.2) is 24.3 Å². The molecule has 108 valence electrons. The molecule has 1 fully saturated rings. The Balaban J connectivity index is 1.52. The Morgan fingerprint density at radius 3 is 2.70 bits per heavy atom. The van der Waals surface area contributed by atoms with Gasteiger partial charge in [-0.1, -0.05) is 18.2 Å². The van der Waals surface area contributed by atoms with Crippen molar-refractivity contribution in [2.75, 3.05) is 11.6 Å². The zero-order valence-electron chi connectivity index (χ0n) is 11.9. The number of para-hydroxylation sites is 1. The Kier molecular flexibility index (Phi) is 4.20. The molecule has 1 aliphatic heterocycles. The van der Waals surface area contributed by atoms with Crippen LogP contribution < -0.4 is 10.6 Å². The van der Waals surface area contributed by atoms with Gasteiger partial charge in [-0.2, -0.15) is 11.8 Å². The van der Waals surface area contributed by atoms with Crippen LogP contribution in [0, 0.1) is 0 Å². The van der Waals surface area contributed by atoms with Gasteiger partial charge in [0.2, 0.25) is 5.91 Å². The molecule has 1 aromatic carbocycles. The van der Waals surface area contributed by atoms with Gasteiger partial charge < -0.3 is 10.6 Å². The number of amides is 1. The smallest absolute Gasteiger partial charge is 0.243 e. The number of hydrogen-bond donors (Lipinski definition) is 2. The quantitative estimate of drug-likeness (QED) is 0.899. The summed E-state index contributed by atoms with van der Waals surface area (Å²) < 4.78 is 0. The van der Waals surface area contributed by atoms with Gasteiger partial charge in [0.05, 0.1) is 0 Å². The molecule has 3 rings (SSSR count). The van der Waals surface area contributed by atoms with Crippen LogP contribution in [0.25, 0.3) is 0 Å². The van der Waals surface area contributed by atoms with Crippen LogP contribution in [-0.2, 0) is 11.2 Å². The summed E-state index contributed by atoms with van der Waals surface area (Å²) in [4.78, 5) is 12.4. The Bertz CT molecular complexity index is 458. The highest BCUT2D eigenvalue weighted by Crippen LogP contribution is 2.28. The first-order valence-electron chi connectivity index (χ1n) is 7.44. The summed E-state index contributed by atoms with van der Waals surface area (Å²) in [7, 11) is 0. The molecule has 2 N–H and O–H groups in total. The van der Waals surface area contributed by atoms with Crippen molar-refractivity contribution in [2.24, 2.45) is 0 Å². The third-order valence-corrected chi connectivity index (χ3v) is 5.58. The second-order valence-electron chi connectivity index (χ2n) is 5.78. The lowest BCUT2D eigenvalue weighted by molar-refractivity contribution is -0.122. The first kappa shape index (κ1) is 13.8. The second kappa shape index (κ2) is 6.08. The molecule has 0 bridgehead atoms. The fourth-order valence-electron chi connectivity index (χ4n) is 3.20. The van der Waals surface area contributed by atoms with Gasteiger partial charge in [-0.25, -0.2) is 0 Å². The first-order chi connectivity index (χ1) is 9.76. The molecule has 4 heteroatoms. The lowest BCUT2D eigenvalue weighted by Crippen LogP contribution is -2.45. The fraction of sp³-hybridized carbons (Fsp3) is 0.562. The lowest BCUT2D eigenvalue weighted by atomic mass is 9.94. The summed E-state index contributed by atoms with van der Waals surface area (Å²) in [6.07, 6.45) is 7.69. The van der Waals surface area contributed by atoms with E-state index in [9.17, 15) is 4.79 Å². The minimum atomic E-state index is -0.0920. The highest BCUT2D eigenvalue weighted by Gasteiger charge is 2.29. The molecule has 1 atom stereocenters. The molecule has 20 heavy (non-hydrogen) atoms. The third kappa shape index (κ3) is 2.95. The fourth-order valence-corrected chi connectivity index (χ4v) is 3.94. The van der Waals surface area contributed by atoms with Crippen LogP contribution in [0.2, 0.25) is 0 Å². The van der Waals surface area contributed by atoms with Crippen molar-refractivity contribution in [3.8, 4) is 0 Å². The van der Waals surface area contributed by atoms with Crippen LogP contribution >= 0.6 is 11.8 Å². The van der Waals surface area contributed by atoms with Gasteiger partial charge >= 0.3 is 0 Å². The Morgan fingerprint density at radius 2 is 2.00 bits per heavy atom. The predicted molar refractivity (Wildman–Crippen MR) is 85.3 cm³/mol. The summed E-state index contributed by atoms with van der Waals surface area (Å²) in [6, 6.07) is 8.47. The monoisotopic (exact) mass is 290 g/mol. The van der Waals surface area contributed by atoms with E-state index in [-0.39, 0.29) is 11.9 Å². The summed E-state index contributed by atoms with van der Waals surface area (Å²) in [5, 5.41) is 7.35. The summed E-state index contributed by atoms with van der Waals surface area (Å²) in [6.45, 7) is 0. The maximum absolute atomic E-state index is 12.4. The van der Waals surface area contributed by atoms with Crippen molar-refractivity contribution in [1.82, 2.24) is 5.32 Å². The maximum atomic E-state index is 12.4. The number of rotatable bonds is 3.